The maximum atomic E-state index is 5.62. The summed E-state index contributed by atoms with van der Waals surface area (Å²) in [5.41, 5.74) is 8.81. The molecule has 15 heavy (non-hydrogen) atoms. The molecular weight excluding hydrogens is 182 g/mol. The molecule has 0 heterocycles. The molecule has 2 N–H and O–H groups in total. The molecule has 0 radical (unpaired) electrons. The SMILES string of the molecule is CCc1cccc(CC(C)(C)CCN)c1. The van der Waals surface area contributed by atoms with Gasteiger partial charge in [0, 0.05) is 0 Å². The average Bonchev–Trinajstić information content (AvgIpc) is 2.17. The third kappa shape index (κ3) is 4.05. The molecular formula is C14H23N. The zero-order valence-electron chi connectivity index (χ0n) is 10.2. The smallest absolute Gasteiger partial charge is 0.00721 e. The van der Waals surface area contributed by atoms with Gasteiger partial charge < -0.3 is 5.73 Å². The molecule has 1 nitrogen and oxygen atoms in total. The van der Waals surface area contributed by atoms with Gasteiger partial charge in [-0.2, -0.15) is 0 Å². The highest BCUT2D eigenvalue weighted by Gasteiger charge is 2.17. The summed E-state index contributed by atoms with van der Waals surface area (Å²) in [5.74, 6) is 0. The van der Waals surface area contributed by atoms with Crippen molar-refractivity contribution in [3.05, 3.63) is 35.4 Å². The van der Waals surface area contributed by atoms with E-state index in [4.69, 9.17) is 5.73 Å². The Morgan fingerprint density at radius 2 is 1.87 bits per heavy atom. The van der Waals surface area contributed by atoms with Crippen LogP contribution in [0.5, 0.6) is 0 Å². The second kappa shape index (κ2) is 5.32. The van der Waals surface area contributed by atoms with Gasteiger partial charge in [-0.15, -0.1) is 0 Å². The normalized spacial score (nSPS) is 11.7. The number of aryl methyl sites for hydroxylation is 1. The molecule has 0 saturated carbocycles. The van der Waals surface area contributed by atoms with E-state index < -0.39 is 0 Å². The van der Waals surface area contributed by atoms with E-state index in [-0.39, 0.29) is 0 Å². The van der Waals surface area contributed by atoms with Crippen molar-refractivity contribution in [2.75, 3.05) is 6.54 Å². The third-order valence-corrected chi connectivity index (χ3v) is 2.90. The van der Waals surface area contributed by atoms with Gasteiger partial charge in [-0.05, 0) is 42.3 Å². The van der Waals surface area contributed by atoms with Crippen LogP contribution in [0.1, 0.15) is 38.3 Å². The molecule has 1 aromatic carbocycles. The average molecular weight is 205 g/mol. The molecule has 1 rings (SSSR count). The van der Waals surface area contributed by atoms with Gasteiger partial charge in [-0.1, -0.05) is 45.0 Å². The second-order valence-electron chi connectivity index (χ2n) is 5.05. The Balaban J connectivity index is 2.71. The number of hydrogen-bond acceptors (Lipinski definition) is 1. The van der Waals surface area contributed by atoms with Gasteiger partial charge in [-0.25, -0.2) is 0 Å². The summed E-state index contributed by atoms with van der Waals surface area (Å²) < 4.78 is 0. The van der Waals surface area contributed by atoms with Crippen LogP contribution in [0.4, 0.5) is 0 Å². The summed E-state index contributed by atoms with van der Waals surface area (Å²) >= 11 is 0. The van der Waals surface area contributed by atoms with Crippen LogP contribution in [-0.2, 0) is 12.8 Å². The van der Waals surface area contributed by atoms with E-state index in [1.165, 1.54) is 11.1 Å². The van der Waals surface area contributed by atoms with Crippen LogP contribution in [-0.4, -0.2) is 6.54 Å². The Hall–Kier alpha value is -0.820. The molecule has 0 saturated heterocycles. The van der Waals surface area contributed by atoms with Crippen molar-refractivity contribution >= 4 is 0 Å². The number of rotatable bonds is 5. The molecule has 0 spiro atoms. The highest BCUT2D eigenvalue weighted by Crippen LogP contribution is 2.25. The molecule has 0 aliphatic carbocycles. The molecule has 1 heteroatoms. The van der Waals surface area contributed by atoms with Gasteiger partial charge in [0.15, 0.2) is 0 Å². The van der Waals surface area contributed by atoms with Gasteiger partial charge in [0.25, 0.3) is 0 Å². The topological polar surface area (TPSA) is 26.0 Å². The molecule has 0 fully saturated rings. The monoisotopic (exact) mass is 205 g/mol. The lowest BCUT2D eigenvalue weighted by Gasteiger charge is -2.24. The van der Waals surface area contributed by atoms with Crippen molar-refractivity contribution < 1.29 is 0 Å². The van der Waals surface area contributed by atoms with Crippen molar-refractivity contribution in [1.82, 2.24) is 0 Å². The lowest BCUT2D eigenvalue weighted by atomic mass is 9.82. The predicted octanol–water partition coefficient (Wildman–Crippen LogP) is 3.17. The molecule has 0 aromatic heterocycles. The predicted molar refractivity (Wildman–Crippen MR) is 67.0 cm³/mol. The summed E-state index contributed by atoms with van der Waals surface area (Å²) in [6.07, 6.45) is 3.33. The molecule has 0 aliphatic heterocycles. The summed E-state index contributed by atoms with van der Waals surface area (Å²) in [5, 5.41) is 0. The Bertz CT molecular complexity index is 302. The highest BCUT2D eigenvalue weighted by atomic mass is 14.5. The van der Waals surface area contributed by atoms with Crippen molar-refractivity contribution in [2.45, 2.75) is 40.0 Å². The quantitative estimate of drug-likeness (QED) is 0.785. The molecule has 1 aromatic rings. The van der Waals surface area contributed by atoms with Crippen LogP contribution >= 0.6 is 0 Å². The molecule has 0 unspecified atom stereocenters. The number of benzene rings is 1. The molecule has 84 valence electrons. The molecule has 0 atom stereocenters. The standard InChI is InChI=1S/C14H23N/c1-4-12-6-5-7-13(10-12)11-14(2,3)8-9-15/h5-7,10H,4,8-9,11,15H2,1-3H3. The van der Waals surface area contributed by atoms with Gasteiger partial charge in [0.2, 0.25) is 0 Å². The van der Waals surface area contributed by atoms with E-state index in [0.29, 0.717) is 5.41 Å². The lowest BCUT2D eigenvalue weighted by molar-refractivity contribution is 0.339. The number of nitrogens with two attached hydrogens (primary N) is 1. The van der Waals surface area contributed by atoms with Crippen LogP contribution in [0.3, 0.4) is 0 Å². The van der Waals surface area contributed by atoms with Crippen LogP contribution < -0.4 is 5.73 Å². The van der Waals surface area contributed by atoms with Crippen molar-refractivity contribution in [2.24, 2.45) is 11.1 Å². The van der Waals surface area contributed by atoms with Crippen molar-refractivity contribution in [3.63, 3.8) is 0 Å². The van der Waals surface area contributed by atoms with Crippen LogP contribution in [0.25, 0.3) is 0 Å². The fourth-order valence-electron chi connectivity index (χ4n) is 1.99. The van der Waals surface area contributed by atoms with E-state index in [1.54, 1.807) is 0 Å². The Morgan fingerprint density at radius 3 is 2.47 bits per heavy atom. The zero-order valence-corrected chi connectivity index (χ0v) is 10.2. The van der Waals surface area contributed by atoms with E-state index in [2.05, 4.69) is 45.0 Å². The van der Waals surface area contributed by atoms with Gasteiger partial charge in [-0.3, -0.25) is 0 Å². The van der Waals surface area contributed by atoms with Crippen LogP contribution in [0.15, 0.2) is 24.3 Å². The molecule has 0 amide bonds. The molecule has 0 aliphatic rings. The summed E-state index contributed by atoms with van der Waals surface area (Å²) in [7, 11) is 0. The Kier molecular flexibility index (Phi) is 4.34. The second-order valence-corrected chi connectivity index (χ2v) is 5.05. The minimum atomic E-state index is 0.321. The fourth-order valence-corrected chi connectivity index (χ4v) is 1.99. The number of hydrogen-bond donors (Lipinski definition) is 1. The zero-order chi connectivity index (χ0) is 11.3. The maximum Gasteiger partial charge on any atom is -0.00721 e. The first-order chi connectivity index (χ1) is 7.07. The van der Waals surface area contributed by atoms with E-state index in [9.17, 15) is 0 Å². The summed E-state index contributed by atoms with van der Waals surface area (Å²) in [6, 6.07) is 8.89. The van der Waals surface area contributed by atoms with Crippen LogP contribution in [0, 0.1) is 5.41 Å². The van der Waals surface area contributed by atoms with Crippen molar-refractivity contribution in [3.8, 4) is 0 Å². The summed E-state index contributed by atoms with van der Waals surface area (Å²) in [4.78, 5) is 0. The van der Waals surface area contributed by atoms with Gasteiger partial charge in [0.1, 0.15) is 0 Å². The lowest BCUT2D eigenvalue weighted by Crippen LogP contribution is -2.19. The third-order valence-electron chi connectivity index (χ3n) is 2.90. The fraction of sp³-hybridized carbons (Fsp3) is 0.571. The van der Waals surface area contributed by atoms with E-state index >= 15 is 0 Å². The Labute approximate surface area is 93.7 Å². The molecule has 0 bridgehead atoms. The van der Waals surface area contributed by atoms with Gasteiger partial charge in [0.05, 0.1) is 0 Å². The first-order valence-corrected chi connectivity index (χ1v) is 5.85. The largest absolute Gasteiger partial charge is 0.330 e. The first-order valence-electron chi connectivity index (χ1n) is 5.85. The first kappa shape index (κ1) is 12.3. The highest BCUT2D eigenvalue weighted by molar-refractivity contribution is 5.24. The van der Waals surface area contributed by atoms with E-state index in [1.807, 2.05) is 0 Å². The summed E-state index contributed by atoms with van der Waals surface area (Å²) in [6.45, 7) is 7.56. The van der Waals surface area contributed by atoms with Crippen molar-refractivity contribution in [1.29, 1.82) is 0 Å². The maximum absolute atomic E-state index is 5.62. The Morgan fingerprint density at radius 1 is 1.20 bits per heavy atom. The van der Waals surface area contributed by atoms with Crippen LogP contribution in [0.2, 0.25) is 0 Å². The minimum absolute atomic E-state index is 0.321. The minimum Gasteiger partial charge on any atom is -0.330 e. The van der Waals surface area contributed by atoms with Gasteiger partial charge >= 0.3 is 0 Å². The van der Waals surface area contributed by atoms with E-state index in [0.717, 1.165) is 25.8 Å².